The number of nitrogens with zero attached hydrogens (tertiary/aromatic N) is 3. The third-order valence-corrected chi connectivity index (χ3v) is 4.46. The SMILES string of the molecule is Cc1nc2c[n+](CC(=O)c3ccc(Cl)cc3)cc(Br)c2n1C. The number of fused-ring (bicyclic) bond motifs is 1. The molecule has 2 aromatic heterocycles. The van der Waals surface area contributed by atoms with Gasteiger partial charge in [0.1, 0.15) is 10.3 Å². The van der Waals surface area contributed by atoms with Gasteiger partial charge in [0.2, 0.25) is 12.3 Å². The number of benzene rings is 1. The Morgan fingerprint density at radius 3 is 2.68 bits per heavy atom. The van der Waals surface area contributed by atoms with Crippen molar-refractivity contribution < 1.29 is 9.36 Å². The maximum Gasteiger partial charge on any atom is 0.227 e. The average molecular weight is 380 g/mol. The van der Waals surface area contributed by atoms with Crippen molar-refractivity contribution in [3.05, 3.63) is 57.5 Å². The Balaban J connectivity index is 1.94. The Kier molecular flexibility index (Phi) is 4.02. The predicted molar refractivity (Wildman–Crippen MR) is 89.1 cm³/mol. The molecule has 0 aliphatic heterocycles. The van der Waals surface area contributed by atoms with Crippen LogP contribution in [0, 0.1) is 6.92 Å². The molecule has 0 aliphatic rings. The fourth-order valence-electron chi connectivity index (χ4n) is 2.39. The summed E-state index contributed by atoms with van der Waals surface area (Å²) in [7, 11) is 1.97. The van der Waals surface area contributed by atoms with Crippen molar-refractivity contribution in [2.24, 2.45) is 7.05 Å². The molecule has 0 aliphatic carbocycles. The van der Waals surface area contributed by atoms with Crippen LogP contribution >= 0.6 is 27.5 Å². The molecular formula is C16H14BrClN3O+. The lowest BCUT2D eigenvalue weighted by molar-refractivity contribution is -0.682. The number of halogens is 2. The zero-order valence-corrected chi connectivity index (χ0v) is 14.5. The maximum atomic E-state index is 12.3. The van der Waals surface area contributed by atoms with Gasteiger partial charge >= 0.3 is 0 Å². The van der Waals surface area contributed by atoms with Gasteiger partial charge in [0.25, 0.3) is 0 Å². The van der Waals surface area contributed by atoms with Crippen molar-refractivity contribution in [1.82, 2.24) is 9.55 Å². The smallest absolute Gasteiger partial charge is 0.227 e. The highest BCUT2D eigenvalue weighted by Crippen LogP contribution is 2.22. The second kappa shape index (κ2) is 5.82. The molecule has 0 N–H and O–H groups in total. The highest BCUT2D eigenvalue weighted by atomic mass is 79.9. The second-order valence-electron chi connectivity index (χ2n) is 5.16. The van der Waals surface area contributed by atoms with E-state index in [0.717, 1.165) is 21.3 Å². The number of imidazole rings is 1. The lowest BCUT2D eigenvalue weighted by Crippen LogP contribution is -2.37. The molecule has 0 amide bonds. The van der Waals surface area contributed by atoms with E-state index in [2.05, 4.69) is 20.9 Å². The van der Waals surface area contributed by atoms with Crippen LogP contribution in [0.4, 0.5) is 0 Å². The number of pyridine rings is 1. The van der Waals surface area contributed by atoms with Gasteiger partial charge in [-0.3, -0.25) is 4.79 Å². The summed E-state index contributed by atoms with van der Waals surface area (Å²) in [5, 5.41) is 0.623. The van der Waals surface area contributed by atoms with Crippen LogP contribution in [0.15, 0.2) is 41.1 Å². The van der Waals surface area contributed by atoms with Gasteiger partial charge in [-0.2, -0.15) is 4.57 Å². The molecule has 4 nitrogen and oxygen atoms in total. The summed E-state index contributed by atoms with van der Waals surface area (Å²) in [5.74, 6) is 0.957. The number of hydrogen-bond acceptors (Lipinski definition) is 2. The molecule has 3 rings (SSSR count). The van der Waals surface area contributed by atoms with Crippen molar-refractivity contribution >= 4 is 44.3 Å². The Morgan fingerprint density at radius 1 is 1.32 bits per heavy atom. The Labute approximate surface area is 141 Å². The van der Waals surface area contributed by atoms with E-state index < -0.39 is 0 Å². The van der Waals surface area contributed by atoms with Crippen LogP contribution in [0.25, 0.3) is 11.0 Å². The number of carbonyl (C=O) groups is 1. The maximum absolute atomic E-state index is 12.3. The minimum Gasteiger partial charge on any atom is -0.330 e. The number of hydrogen-bond donors (Lipinski definition) is 0. The summed E-state index contributed by atoms with van der Waals surface area (Å²) in [6.07, 6.45) is 3.79. The van der Waals surface area contributed by atoms with Crippen LogP contribution in [0.3, 0.4) is 0 Å². The lowest BCUT2D eigenvalue weighted by atomic mass is 10.1. The van der Waals surface area contributed by atoms with Crippen LogP contribution in [0.1, 0.15) is 16.2 Å². The van der Waals surface area contributed by atoms with Crippen molar-refractivity contribution in [3.63, 3.8) is 0 Å². The highest BCUT2D eigenvalue weighted by Gasteiger charge is 2.17. The summed E-state index contributed by atoms with van der Waals surface area (Å²) in [6, 6.07) is 6.93. The molecule has 0 bridgehead atoms. The van der Waals surface area contributed by atoms with E-state index in [1.165, 1.54) is 0 Å². The quantitative estimate of drug-likeness (QED) is 0.516. The molecule has 3 aromatic rings. The molecule has 6 heteroatoms. The van der Waals surface area contributed by atoms with E-state index in [4.69, 9.17) is 11.6 Å². The molecule has 1 aromatic carbocycles. The predicted octanol–water partition coefficient (Wildman–Crippen LogP) is 3.47. The fraction of sp³-hybridized carbons (Fsp3) is 0.188. The Morgan fingerprint density at radius 2 is 2.00 bits per heavy atom. The topological polar surface area (TPSA) is 38.8 Å². The summed E-state index contributed by atoms with van der Waals surface area (Å²) in [4.78, 5) is 16.8. The lowest BCUT2D eigenvalue weighted by Gasteiger charge is -2.01. The summed E-state index contributed by atoms with van der Waals surface area (Å²) in [5.41, 5.74) is 2.52. The zero-order chi connectivity index (χ0) is 15.9. The van der Waals surface area contributed by atoms with Crippen molar-refractivity contribution in [3.8, 4) is 0 Å². The number of ketones is 1. The molecular weight excluding hydrogens is 366 g/mol. The number of aryl methyl sites for hydroxylation is 2. The minimum absolute atomic E-state index is 0.0283. The second-order valence-corrected chi connectivity index (χ2v) is 6.45. The highest BCUT2D eigenvalue weighted by molar-refractivity contribution is 9.10. The van der Waals surface area contributed by atoms with Gasteiger partial charge in [-0.1, -0.05) is 11.6 Å². The first-order chi connectivity index (χ1) is 10.5. The standard InChI is InChI=1S/C16H14BrClN3O/c1-10-19-14-8-21(7-13(17)16(14)20(10)2)9-15(22)11-3-5-12(18)6-4-11/h3-8H,9H2,1-2H3/q+1. The molecule has 0 atom stereocenters. The van der Waals surface area contributed by atoms with E-state index >= 15 is 0 Å². The number of aromatic nitrogens is 3. The van der Waals surface area contributed by atoms with Crippen LogP contribution in [-0.4, -0.2) is 15.3 Å². The van der Waals surface area contributed by atoms with E-state index in [0.29, 0.717) is 10.6 Å². The fourth-order valence-corrected chi connectivity index (χ4v) is 3.25. The van der Waals surface area contributed by atoms with E-state index in [-0.39, 0.29) is 12.3 Å². The average Bonchev–Trinajstić information content (AvgIpc) is 2.75. The van der Waals surface area contributed by atoms with Crippen LogP contribution in [-0.2, 0) is 13.6 Å². The molecule has 112 valence electrons. The molecule has 0 radical (unpaired) electrons. The van der Waals surface area contributed by atoms with Crippen LogP contribution < -0.4 is 4.57 Å². The van der Waals surface area contributed by atoms with Crippen LogP contribution in [0.5, 0.6) is 0 Å². The van der Waals surface area contributed by atoms with E-state index in [1.54, 1.807) is 24.3 Å². The first-order valence-corrected chi connectivity index (χ1v) is 7.93. The Bertz CT molecular complexity index is 871. The summed E-state index contributed by atoms with van der Waals surface area (Å²) in [6.45, 7) is 2.21. The Hall–Kier alpha value is -1.72. The first-order valence-electron chi connectivity index (χ1n) is 6.76. The van der Waals surface area contributed by atoms with Gasteiger partial charge in [0, 0.05) is 17.6 Å². The van der Waals surface area contributed by atoms with E-state index in [1.807, 2.05) is 35.5 Å². The largest absolute Gasteiger partial charge is 0.330 e. The van der Waals surface area contributed by atoms with Gasteiger partial charge in [0.05, 0.1) is 5.52 Å². The number of carbonyl (C=O) groups excluding carboxylic acids is 1. The number of Topliss-reactive ketones (excluding diaryl/α,β-unsaturated/α-hetero) is 1. The van der Waals surface area contributed by atoms with E-state index in [9.17, 15) is 4.79 Å². The first kappa shape index (κ1) is 15.2. The third-order valence-electron chi connectivity index (χ3n) is 3.63. The zero-order valence-electron chi connectivity index (χ0n) is 12.2. The molecule has 2 heterocycles. The summed E-state index contributed by atoms with van der Waals surface area (Å²) < 4.78 is 4.78. The summed E-state index contributed by atoms with van der Waals surface area (Å²) >= 11 is 9.40. The molecule has 0 fully saturated rings. The van der Waals surface area contributed by atoms with Crippen LogP contribution in [0.2, 0.25) is 5.02 Å². The van der Waals surface area contributed by atoms with Crippen molar-refractivity contribution in [1.29, 1.82) is 0 Å². The van der Waals surface area contributed by atoms with Gasteiger partial charge in [0.15, 0.2) is 17.9 Å². The van der Waals surface area contributed by atoms with Gasteiger partial charge in [-0.15, -0.1) is 0 Å². The van der Waals surface area contributed by atoms with Gasteiger partial charge in [-0.25, -0.2) is 4.98 Å². The minimum atomic E-state index is 0.0283. The van der Waals surface area contributed by atoms with Gasteiger partial charge in [-0.05, 0) is 47.1 Å². The molecule has 0 spiro atoms. The van der Waals surface area contributed by atoms with Crippen molar-refractivity contribution in [2.45, 2.75) is 13.5 Å². The van der Waals surface area contributed by atoms with Gasteiger partial charge < -0.3 is 4.57 Å². The third kappa shape index (κ3) is 2.78. The molecule has 0 unspecified atom stereocenters. The normalized spacial score (nSPS) is 11.1. The number of rotatable bonds is 3. The molecule has 0 saturated heterocycles. The monoisotopic (exact) mass is 378 g/mol. The molecule has 0 saturated carbocycles. The molecule has 22 heavy (non-hydrogen) atoms. The van der Waals surface area contributed by atoms with Crippen molar-refractivity contribution in [2.75, 3.05) is 0 Å².